The number of pyridine rings is 2. The first-order chi connectivity index (χ1) is 12.1. The van der Waals surface area contributed by atoms with Gasteiger partial charge in [-0.1, -0.05) is 11.6 Å². The van der Waals surface area contributed by atoms with Crippen molar-refractivity contribution >= 4 is 55.0 Å². The van der Waals surface area contributed by atoms with Crippen LogP contribution in [0.25, 0.3) is 20.4 Å². The van der Waals surface area contributed by atoms with Gasteiger partial charge in [0.2, 0.25) is 5.91 Å². The van der Waals surface area contributed by atoms with E-state index < -0.39 is 0 Å². The average molecular weight is 372 g/mol. The third kappa shape index (κ3) is 2.97. The van der Waals surface area contributed by atoms with Crippen LogP contribution in [0.5, 0.6) is 0 Å². The van der Waals surface area contributed by atoms with Crippen LogP contribution in [0.3, 0.4) is 0 Å². The van der Waals surface area contributed by atoms with Gasteiger partial charge in [0.1, 0.15) is 21.2 Å². The summed E-state index contributed by atoms with van der Waals surface area (Å²) in [4.78, 5) is 38.0. The smallest absolute Gasteiger partial charge is 0.271 e. The molecule has 0 unspecified atom stereocenters. The number of thiophene rings is 1. The molecule has 4 rings (SSSR count). The molecule has 7 nitrogen and oxygen atoms in total. The van der Waals surface area contributed by atoms with Crippen LogP contribution in [-0.4, -0.2) is 25.4 Å². The average Bonchev–Trinajstić information content (AvgIpc) is 2.99. The first-order valence-corrected chi connectivity index (χ1v) is 8.45. The lowest BCUT2D eigenvalue weighted by Crippen LogP contribution is -2.27. The number of nitrogens with one attached hydrogen (secondary N) is 1. The van der Waals surface area contributed by atoms with Gasteiger partial charge in [0.15, 0.2) is 0 Å². The number of rotatable bonds is 3. The Kier molecular flexibility index (Phi) is 3.90. The molecule has 0 bridgehead atoms. The lowest BCUT2D eigenvalue weighted by molar-refractivity contribution is -0.116. The number of nitrogens with zero attached hydrogens (tertiary/aromatic N) is 4. The molecule has 0 aliphatic carbocycles. The second-order valence-electron chi connectivity index (χ2n) is 5.23. The maximum atomic E-state index is 12.6. The molecule has 0 aromatic carbocycles. The lowest BCUT2D eigenvalue weighted by Gasteiger charge is -2.06. The number of hydrogen-bond acceptors (Lipinski definition) is 6. The highest BCUT2D eigenvalue weighted by atomic mass is 35.5. The molecule has 0 aliphatic rings. The van der Waals surface area contributed by atoms with E-state index in [2.05, 4.69) is 20.3 Å². The molecule has 4 aromatic heterocycles. The highest BCUT2D eigenvalue weighted by Crippen LogP contribution is 2.27. The number of fused-ring (bicyclic) bond motifs is 3. The van der Waals surface area contributed by atoms with E-state index in [-0.39, 0.29) is 18.0 Å². The summed E-state index contributed by atoms with van der Waals surface area (Å²) in [5, 5.41) is 3.83. The number of halogens is 1. The van der Waals surface area contributed by atoms with Gasteiger partial charge >= 0.3 is 0 Å². The number of hydrogen-bond donors (Lipinski definition) is 1. The molecule has 9 heteroatoms. The van der Waals surface area contributed by atoms with Crippen molar-refractivity contribution in [2.75, 3.05) is 5.32 Å². The minimum absolute atomic E-state index is 0.147. The fourth-order valence-corrected chi connectivity index (χ4v) is 3.58. The molecule has 1 N–H and O–H groups in total. The minimum atomic E-state index is -0.355. The highest BCUT2D eigenvalue weighted by Gasteiger charge is 2.13. The van der Waals surface area contributed by atoms with Gasteiger partial charge in [0.05, 0.1) is 23.7 Å². The molecule has 0 spiro atoms. The Morgan fingerprint density at radius 1 is 1.24 bits per heavy atom. The van der Waals surface area contributed by atoms with Crippen LogP contribution in [0.1, 0.15) is 0 Å². The first kappa shape index (κ1) is 15.7. The van der Waals surface area contributed by atoms with Crippen LogP contribution in [0, 0.1) is 0 Å². The summed E-state index contributed by atoms with van der Waals surface area (Å²) < 4.78 is 1.76. The third-order valence-corrected chi connectivity index (χ3v) is 4.86. The summed E-state index contributed by atoms with van der Waals surface area (Å²) in [6.07, 6.45) is 4.50. The van der Waals surface area contributed by atoms with Gasteiger partial charge in [0, 0.05) is 11.6 Å². The van der Waals surface area contributed by atoms with Gasteiger partial charge in [-0.2, -0.15) is 0 Å². The van der Waals surface area contributed by atoms with Crippen LogP contribution in [0.4, 0.5) is 5.69 Å². The lowest BCUT2D eigenvalue weighted by atomic mass is 10.3. The maximum Gasteiger partial charge on any atom is 0.271 e. The Labute approximate surface area is 149 Å². The maximum absolute atomic E-state index is 12.6. The Morgan fingerprint density at radius 3 is 2.92 bits per heavy atom. The topological polar surface area (TPSA) is 89.8 Å². The molecular formula is C16H10ClN5O2S. The second kappa shape index (κ2) is 6.23. The normalized spacial score (nSPS) is 11.1. The Balaban J connectivity index is 1.64. The van der Waals surface area contributed by atoms with Crippen LogP contribution in [-0.2, 0) is 11.3 Å². The molecule has 1 amide bonds. The van der Waals surface area contributed by atoms with E-state index in [0.717, 1.165) is 10.2 Å². The summed E-state index contributed by atoms with van der Waals surface area (Å²) in [5.74, 6) is -0.355. The second-order valence-corrected chi connectivity index (χ2v) is 6.62. The Hall–Kier alpha value is -2.84. The van der Waals surface area contributed by atoms with Crippen molar-refractivity contribution < 1.29 is 4.79 Å². The van der Waals surface area contributed by atoms with Crippen molar-refractivity contribution in [1.82, 2.24) is 19.5 Å². The van der Waals surface area contributed by atoms with Crippen LogP contribution in [0.15, 0.2) is 47.8 Å². The van der Waals surface area contributed by atoms with Crippen molar-refractivity contribution in [3.8, 4) is 0 Å². The molecule has 0 fully saturated rings. The predicted octanol–water partition coefficient (Wildman–Crippen LogP) is 2.69. The van der Waals surface area contributed by atoms with Crippen LogP contribution < -0.4 is 10.9 Å². The van der Waals surface area contributed by atoms with Crippen molar-refractivity contribution in [3.63, 3.8) is 0 Å². The first-order valence-electron chi connectivity index (χ1n) is 7.26. The van der Waals surface area contributed by atoms with Gasteiger partial charge in [-0.3, -0.25) is 14.2 Å². The molecule has 4 aromatic rings. The van der Waals surface area contributed by atoms with Crippen LogP contribution in [0.2, 0.25) is 5.15 Å². The molecule has 4 heterocycles. The molecular weight excluding hydrogens is 362 g/mol. The highest BCUT2D eigenvalue weighted by molar-refractivity contribution is 7.25. The standard InChI is InChI=1S/C16H10ClN5O2S/c17-11-4-3-9(6-19-11)21-12(23)7-22-8-20-13-10-2-1-5-18-15(10)25-14(13)16(22)24/h1-6,8H,7H2,(H,21,23). The number of amides is 1. The molecule has 25 heavy (non-hydrogen) atoms. The molecule has 0 saturated carbocycles. The Morgan fingerprint density at radius 2 is 2.12 bits per heavy atom. The summed E-state index contributed by atoms with van der Waals surface area (Å²) in [5.41, 5.74) is 0.844. The SMILES string of the molecule is O=C(Cn1cnc2c(sc3ncccc32)c1=O)Nc1ccc(Cl)nc1. The monoisotopic (exact) mass is 371 g/mol. The van der Waals surface area contributed by atoms with E-state index in [0.29, 0.717) is 21.1 Å². The zero-order chi connectivity index (χ0) is 17.4. The van der Waals surface area contributed by atoms with E-state index in [4.69, 9.17) is 11.6 Å². The summed E-state index contributed by atoms with van der Waals surface area (Å²) in [6.45, 7) is -0.147. The van der Waals surface area contributed by atoms with Crippen molar-refractivity contribution in [2.45, 2.75) is 6.54 Å². The molecule has 0 saturated heterocycles. The van der Waals surface area contributed by atoms with Gasteiger partial charge < -0.3 is 5.32 Å². The molecule has 124 valence electrons. The van der Waals surface area contributed by atoms with Gasteiger partial charge in [0.25, 0.3) is 5.56 Å². The number of carbonyl (C=O) groups is 1. The number of carbonyl (C=O) groups excluding carboxylic acids is 1. The molecule has 0 radical (unpaired) electrons. The molecule has 0 aliphatic heterocycles. The summed E-state index contributed by atoms with van der Waals surface area (Å²) >= 11 is 6.98. The van der Waals surface area contributed by atoms with Gasteiger partial charge in [-0.05, 0) is 24.3 Å². The molecule has 0 atom stereocenters. The Bertz CT molecular complexity index is 1150. The van der Waals surface area contributed by atoms with E-state index >= 15 is 0 Å². The zero-order valence-electron chi connectivity index (χ0n) is 12.6. The third-order valence-electron chi connectivity index (χ3n) is 3.55. The largest absolute Gasteiger partial charge is 0.323 e. The predicted molar refractivity (Wildman–Crippen MR) is 97.1 cm³/mol. The van der Waals surface area contributed by atoms with Crippen LogP contribution >= 0.6 is 22.9 Å². The van der Waals surface area contributed by atoms with Gasteiger partial charge in [-0.15, -0.1) is 11.3 Å². The minimum Gasteiger partial charge on any atom is -0.323 e. The number of aromatic nitrogens is 4. The fourth-order valence-electron chi connectivity index (χ4n) is 2.42. The van der Waals surface area contributed by atoms with E-state index in [1.165, 1.54) is 28.4 Å². The van der Waals surface area contributed by atoms with E-state index in [1.54, 1.807) is 24.4 Å². The zero-order valence-corrected chi connectivity index (χ0v) is 14.2. The van der Waals surface area contributed by atoms with Crippen molar-refractivity contribution in [3.05, 3.63) is 58.5 Å². The van der Waals surface area contributed by atoms with E-state index in [9.17, 15) is 9.59 Å². The fraction of sp³-hybridized carbons (Fsp3) is 0.0625. The number of anilines is 1. The van der Waals surface area contributed by atoms with Gasteiger partial charge in [-0.25, -0.2) is 15.0 Å². The van der Waals surface area contributed by atoms with E-state index in [1.807, 2.05) is 6.07 Å². The quantitative estimate of drug-likeness (QED) is 0.559. The summed E-state index contributed by atoms with van der Waals surface area (Å²) in [7, 11) is 0. The summed E-state index contributed by atoms with van der Waals surface area (Å²) in [6, 6.07) is 6.88. The van der Waals surface area contributed by atoms with Crippen molar-refractivity contribution in [1.29, 1.82) is 0 Å². The van der Waals surface area contributed by atoms with Crippen molar-refractivity contribution in [2.24, 2.45) is 0 Å².